The van der Waals surface area contributed by atoms with Crippen molar-refractivity contribution in [2.45, 2.75) is 13.5 Å². The summed E-state index contributed by atoms with van der Waals surface area (Å²) in [5.41, 5.74) is 6.52. The van der Waals surface area contributed by atoms with E-state index in [1.165, 1.54) is 11.1 Å². The summed E-state index contributed by atoms with van der Waals surface area (Å²) in [6.07, 6.45) is 5.39. The molecule has 0 unspecified atom stereocenters. The summed E-state index contributed by atoms with van der Waals surface area (Å²) in [6.45, 7) is 2.78. The second kappa shape index (κ2) is 5.80. The minimum atomic E-state index is 0.713. The van der Waals surface area contributed by atoms with Gasteiger partial charge < -0.3 is 5.43 Å². The fourth-order valence-corrected chi connectivity index (χ4v) is 1.51. The fourth-order valence-electron chi connectivity index (χ4n) is 1.51. The lowest BCUT2D eigenvalue weighted by atomic mass is 10.2. The van der Waals surface area contributed by atoms with Gasteiger partial charge in [-0.3, -0.25) is 4.98 Å². The van der Waals surface area contributed by atoms with Crippen molar-refractivity contribution < 1.29 is 0 Å². The monoisotopic (exact) mass is 225 g/mol. The Bertz CT molecular complexity index is 492. The van der Waals surface area contributed by atoms with Crippen molar-refractivity contribution in [2.75, 3.05) is 0 Å². The quantitative estimate of drug-likeness (QED) is 0.641. The molecule has 0 radical (unpaired) electrons. The molecule has 3 nitrogen and oxygen atoms in total. The summed E-state index contributed by atoms with van der Waals surface area (Å²) in [4.78, 5) is 3.96. The normalized spacial score (nSPS) is 10.6. The van der Waals surface area contributed by atoms with Crippen LogP contribution in [0.5, 0.6) is 0 Å². The molecule has 0 aliphatic rings. The molecule has 2 aromatic rings. The van der Waals surface area contributed by atoms with Crippen LogP contribution in [0.4, 0.5) is 0 Å². The van der Waals surface area contributed by atoms with Crippen LogP contribution in [0.15, 0.2) is 53.9 Å². The van der Waals surface area contributed by atoms with E-state index < -0.39 is 0 Å². The first-order valence-corrected chi connectivity index (χ1v) is 5.56. The molecule has 0 bridgehead atoms. The van der Waals surface area contributed by atoms with E-state index in [2.05, 4.69) is 34.6 Å². The predicted octanol–water partition coefficient (Wildman–Crippen LogP) is 2.51. The van der Waals surface area contributed by atoms with Gasteiger partial charge in [0, 0.05) is 12.4 Å². The Morgan fingerprint density at radius 1 is 1.24 bits per heavy atom. The highest BCUT2D eigenvalue weighted by Crippen LogP contribution is 2.00. The Hall–Kier alpha value is -2.16. The van der Waals surface area contributed by atoms with Crippen molar-refractivity contribution in [2.24, 2.45) is 5.10 Å². The van der Waals surface area contributed by atoms with Gasteiger partial charge in [0.1, 0.15) is 0 Å². The Kier molecular flexibility index (Phi) is 3.86. The van der Waals surface area contributed by atoms with E-state index in [4.69, 9.17) is 0 Å². The minimum absolute atomic E-state index is 0.713. The van der Waals surface area contributed by atoms with E-state index in [1.807, 2.05) is 30.5 Å². The van der Waals surface area contributed by atoms with E-state index in [0.717, 1.165) is 5.56 Å². The summed E-state index contributed by atoms with van der Waals surface area (Å²) in [7, 11) is 0. The molecular formula is C14H15N3. The van der Waals surface area contributed by atoms with Gasteiger partial charge in [0.25, 0.3) is 0 Å². The third-order valence-corrected chi connectivity index (χ3v) is 2.38. The first-order chi connectivity index (χ1) is 8.34. The first-order valence-electron chi connectivity index (χ1n) is 5.56. The molecule has 1 heterocycles. The largest absolute Gasteiger partial charge is 0.306 e. The van der Waals surface area contributed by atoms with Crippen LogP contribution in [0, 0.1) is 6.92 Å². The van der Waals surface area contributed by atoms with Crippen molar-refractivity contribution >= 4 is 6.21 Å². The number of nitrogens with one attached hydrogen (secondary N) is 1. The van der Waals surface area contributed by atoms with Gasteiger partial charge in [-0.15, -0.1) is 0 Å². The maximum atomic E-state index is 4.18. The highest BCUT2D eigenvalue weighted by atomic mass is 15.3. The van der Waals surface area contributed by atoms with Crippen molar-refractivity contribution in [3.05, 3.63) is 65.5 Å². The number of nitrogens with zero attached hydrogens (tertiary/aromatic N) is 2. The third kappa shape index (κ3) is 3.72. The summed E-state index contributed by atoms with van der Waals surface area (Å²) in [5.74, 6) is 0. The SMILES string of the molecule is Cc1cccc(C=NNCc2ccncc2)c1. The molecule has 0 amide bonds. The Balaban J connectivity index is 1.86. The molecule has 1 aromatic carbocycles. The van der Waals surface area contributed by atoms with E-state index in [0.29, 0.717) is 6.54 Å². The lowest BCUT2D eigenvalue weighted by Crippen LogP contribution is -2.05. The van der Waals surface area contributed by atoms with Crippen LogP contribution in [0.25, 0.3) is 0 Å². The van der Waals surface area contributed by atoms with Gasteiger partial charge in [0.15, 0.2) is 0 Å². The van der Waals surface area contributed by atoms with Crippen LogP contribution in [-0.4, -0.2) is 11.2 Å². The highest BCUT2D eigenvalue weighted by Gasteiger charge is 1.89. The van der Waals surface area contributed by atoms with E-state index >= 15 is 0 Å². The summed E-state index contributed by atoms with van der Waals surface area (Å²) >= 11 is 0. The minimum Gasteiger partial charge on any atom is -0.306 e. The molecule has 0 saturated heterocycles. The van der Waals surface area contributed by atoms with Crippen LogP contribution in [0.1, 0.15) is 16.7 Å². The average molecular weight is 225 g/mol. The maximum Gasteiger partial charge on any atom is 0.0581 e. The molecule has 0 aliphatic carbocycles. The van der Waals surface area contributed by atoms with Crippen molar-refractivity contribution in [1.29, 1.82) is 0 Å². The lowest BCUT2D eigenvalue weighted by molar-refractivity contribution is 0.747. The zero-order chi connectivity index (χ0) is 11.9. The molecular weight excluding hydrogens is 210 g/mol. The molecule has 0 fully saturated rings. The number of hydrogen-bond donors (Lipinski definition) is 1. The van der Waals surface area contributed by atoms with Gasteiger partial charge >= 0.3 is 0 Å². The molecule has 3 heteroatoms. The van der Waals surface area contributed by atoms with Gasteiger partial charge in [0.2, 0.25) is 0 Å². The molecule has 17 heavy (non-hydrogen) atoms. The topological polar surface area (TPSA) is 37.3 Å². The molecule has 2 rings (SSSR count). The average Bonchev–Trinajstić information content (AvgIpc) is 2.36. The number of aryl methyl sites for hydroxylation is 1. The summed E-state index contributed by atoms with van der Waals surface area (Å²) in [5, 5.41) is 4.18. The lowest BCUT2D eigenvalue weighted by Gasteiger charge is -2.00. The third-order valence-electron chi connectivity index (χ3n) is 2.38. The molecule has 0 aliphatic heterocycles. The van der Waals surface area contributed by atoms with Crippen molar-refractivity contribution in [3.63, 3.8) is 0 Å². The molecule has 0 saturated carbocycles. The van der Waals surface area contributed by atoms with Crippen LogP contribution in [0.3, 0.4) is 0 Å². The molecule has 1 aromatic heterocycles. The number of aromatic nitrogens is 1. The summed E-state index contributed by atoms with van der Waals surface area (Å²) < 4.78 is 0. The van der Waals surface area contributed by atoms with E-state index in [-0.39, 0.29) is 0 Å². The maximum absolute atomic E-state index is 4.18. The smallest absolute Gasteiger partial charge is 0.0581 e. The van der Waals surface area contributed by atoms with Gasteiger partial charge in [-0.2, -0.15) is 5.10 Å². The van der Waals surface area contributed by atoms with Crippen LogP contribution in [-0.2, 0) is 6.54 Å². The molecule has 86 valence electrons. The van der Waals surface area contributed by atoms with E-state index in [9.17, 15) is 0 Å². The van der Waals surface area contributed by atoms with Crippen molar-refractivity contribution in [1.82, 2.24) is 10.4 Å². The number of benzene rings is 1. The number of rotatable bonds is 4. The van der Waals surface area contributed by atoms with E-state index in [1.54, 1.807) is 12.4 Å². The number of hydrogen-bond acceptors (Lipinski definition) is 3. The second-order valence-electron chi connectivity index (χ2n) is 3.86. The zero-order valence-electron chi connectivity index (χ0n) is 9.80. The zero-order valence-corrected chi connectivity index (χ0v) is 9.80. The van der Waals surface area contributed by atoms with Gasteiger partial charge in [-0.25, -0.2) is 0 Å². The Morgan fingerprint density at radius 2 is 2.06 bits per heavy atom. The standard InChI is InChI=1S/C14H15N3/c1-12-3-2-4-14(9-12)11-17-16-10-13-5-7-15-8-6-13/h2-9,11,16H,10H2,1H3. The van der Waals surface area contributed by atoms with Gasteiger partial charge in [-0.05, 0) is 30.2 Å². The first kappa shape index (κ1) is 11.3. The van der Waals surface area contributed by atoms with Crippen LogP contribution in [0.2, 0.25) is 0 Å². The summed E-state index contributed by atoms with van der Waals surface area (Å²) in [6, 6.07) is 12.2. The Labute approximate surface area is 101 Å². The van der Waals surface area contributed by atoms with Gasteiger partial charge in [0.05, 0.1) is 12.8 Å². The number of hydrazone groups is 1. The fraction of sp³-hybridized carbons (Fsp3) is 0.143. The van der Waals surface area contributed by atoms with Crippen molar-refractivity contribution in [3.8, 4) is 0 Å². The predicted molar refractivity (Wildman–Crippen MR) is 69.8 cm³/mol. The van der Waals surface area contributed by atoms with Gasteiger partial charge in [-0.1, -0.05) is 29.8 Å². The highest BCUT2D eigenvalue weighted by molar-refractivity contribution is 5.79. The Morgan fingerprint density at radius 3 is 2.82 bits per heavy atom. The van der Waals surface area contributed by atoms with Crippen LogP contribution >= 0.6 is 0 Å². The second-order valence-corrected chi connectivity index (χ2v) is 3.86. The number of pyridine rings is 1. The molecule has 1 N–H and O–H groups in total. The molecule has 0 atom stereocenters. The molecule has 0 spiro atoms. The van der Waals surface area contributed by atoms with Crippen LogP contribution < -0.4 is 5.43 Å².